The molecule has 1 atom stereocenters. The van der Waals surface area contributed by atoms with Crippen LogP contribution in [-0.4, -0.2) is 18.4 Å². The van der Waals surface area contributed by atoms with Gasteiger partial charge in [-0.3, -0.25) is 0 Å². The monoisotopic (exact) mass is 226 g/mol. The molecule has 0 spiro atoms. The van der Waals surface area contributed by atoms with Gasteiger partial charge in [0.15, 0.2) is 12.4 Å². The zero-order valence-electron chi connectivity index (χ0n) is 9.99. The Hall–Kier alpha value is -1.45. The van der Waals surface area contributed by atoms with Crippen LogP contribution in [0.1, 0.15) is 27.2 Å². The molecule has 0 aliphatic carbocycles. The van der Waals surface area contributed by atoms with Crippen LogP contribution >= 0.6 is 0 Å². The van der Waals surface area contributed by atoms with Crippen LogP contribution in [0.5, 0.6) is 0 Å². The van der Waals surface area contributed by atoms with Crippen LogP contribution in [0.3, 0.4) is 0 Å². The Morgan fingerprint density at radius 2 is 2.38 bits per heavy atom. The Balaban J connectivity index is 2.38. The largest absolute Gasteiger partial charge is 0.457 e. The third-order valence-corrected chi connectivity index (χ3v) is 2.09. The molecule has 1 heterocycles. The minimum atomic E-state index is -0.635. The summed E-state index contributed by atoms with van der Waals surface area (Å²) < 4.78 is 15.9. The van der Waals surface area contributed by atoms with E-state index in [-0.39, 0.29) is 6.61 Å². The maximum atomic E-state index is 10.8. The van der Waals surface area contributed by atoms with Crippen molar-refractivity contribution in [1.29, 1.82) is 0 Å². The van der Waals surface area contributed by atoms with Gasteiger partial charge in [-0.15, -0.1) is 0 Å². The smallest absolute Gasteiger partial charge is 0.330 e. The van der Waals surface area contributed by atoms with E-state index in [1.54, 1.807) is 0 Å². The van der Waals surface area contributed by atoms with Gasteiger partial charge in [-0.1, -0.05) is 20.4 Å². The molecule has 16 heavy (non-hydrogen) atoms. The molecule has 0 bridgehead atoms. The standard InChI is InChI=1S/C12H18O4/c1-5-11(13)14-7-10-8-15-12(4,16-10)6-9(2)3/h5,8-9H,1,6-7H2,2-4H3. The van der Waals surface area contributed by atoms with Crippen molar-refractivity contribution in [2.75, 3.05) is 6.61 Å². The van der Waals surface area contributed by atoms with Crippen molar-refractivity contribution in [3.8, 4) is 0 Å². The molecule has 4 heteroatoms. The minimum Gasteiger partial charge on any atom is -0.457 e. The van der Waals surface area contributed by atoms with Gasteiger partial charge < -0.3 is 14.2 Å². The highest BCUT2D eigenvalue weighted by Gasteiger charge is 2.34. The molecule has 90 valence electrons. The molecule has 1 aliphatic heterocycles. The molecule has 0 aromatic rings. The Morgan fingerprint density at radius 1 is 1.69 bits per heavy atom. The second-order valence-corrected chi connectivity index (χ2v) is 4.35. The van der Waals surface area contributed by atoms with E-state index in [1.165, 1.54) is 6.26 Å². The van der Waals surface area contributed by atoms with Gasteiger partial charge in [0, 0.05) is 19.4 Å². The number of esters is 1. The van der Waals surface area contributed by atoms with E-state index in [4.69, 9.17) is 14.2 Å². The Bertz CT molecular complexity index is 306. The highest BCUT2D eigenvalue weighted by atomic mass is 16.7. The predicted octanol–water partition coefficient (Wildman–Crippen LogP) is 2.37. The Morgan fingerprint density at radius 3 is 2.94 bits per heavy atom. The summed E-state index contributed by atoms with van der Waals surface area (Å²) >= 11 is 0. The van der Waals surface area contributed by atoms with Gasteiger partial charge in [0.2, 0.25) is 5.79 Å². The number of hydrogen-bond donors (Lipinski definition) is 0. The number of hydrogen-bond acceptors (Lipinski definition) is 4. The third kappa shape index (κ3) is 3.61. The maximum absolute atomic E-state index is 10.8. The van der Waals surface area contributed by atoms with Gasteiger partial charge in [-0.25, -0.2) is 4.79 Å². The second kappa shape index (κ2) is 5.05. The first-order valence-electron chi connectivity index (χ1n) is 5.30. The van der Waals surface area contributed by atoms with Crippen LogP contribution in [0.15, 0.2) is 24.7 Å². The van der Waals surface area contributed by atoms with E-state index in [0.717, 1.165) is 12.5 Å². The van der Waals surface area contributed by atoms with Crippen LogP contribution in [0, 0.1) is 5.92 Å². The highest BCUT2D eigenvalue weighted by Crippen LogP contribution is 2.31. The minimum absolute atomic E-state index is 0.0819. The van der Waals surface area contributed by atoms with Crippen molar-refractivity contribution in [3.63, 3.8) is 0 Å². The number of carbonyl (C=O) groups excluding carboxylic acids is 1. The van der Waals surface area contributed by atoms with Gasteiger partial charge in [0.25, 0.3) is 0 Å². The Labute approximate surface area is 95.9 Å². The first-order chi connectivity index (χ1) is 7.45. The second-order valence-electron chi connectivity index (χ2n) is 4.35. The number of rotatable bonds is 5. The fourth-order valence-corrected chi connectivity index (χ4v) is 1.61. The lowest BCUT2D eigenvalue weighted by Crippen LogP contribution is -2.28. The molecule has 0 fully saturated rings. The normalized spacial score (nSPS) is 23.4. The molecular weight excluding hydrogens is 208 g/mol. The van der Waals surface area contributed by atoms with Gasteiger partial charge in [-0.2, -0.15) is 0 Å². The molecule has 0 radical (unpaired) electrons. The van der Waals surface area contributed by atoms with E-state index < -0.39 is 11.8 Å². The summed E-state index contributed by atoms with van der Waals surface area (Å²) in [5, 5.41) is 0. The predicted molar refractivity (Wildman–Crippen MR) is 59.3 cm³/mol. The molecule has 0 saturated carbocycles. The van der Waals surface area contributed by atoms with Gasteiger partial charge in [-0.05, 0) is 5.92 Å². The average Bonchev–Trinajstić information content (AvgIpc) is 2.55. The summed E-state index contributed by atoms with van der Waals surface area (Å²) in [5.74, 6) is -0.113. The van der Waals surface area contributed by atoms with Crippen molar-refractivity contribution in [2.24, 2.45) is 5.92 Å². The van der Waals surface area contributed by atoms with Crippen molar-refractivity contribution in [3.05, 3.63) is 24.7 Å². The lowest BCUT2D eigenvalue weighted by atomic mass is 10.0. The molecule has 4 nitrogen and oxygen atoms in total. The van der Waals surface area contributed by atoms with Gasteiger partial charge in [0.05, 0.1) is 0 Å². The molecule has 0 aromatic heterocycles. The lowest BCUT2D eigenvalue weighted by molar-refractivity contribution is -0.153. The van der Waals surface area contributed by atoms with Crippen LogP contribution < -0.4 is 0 Å². The molecule has 1 aliphatic rings. The third-order valence-electron chi connectivity index (χ3n) is 2.09. The molecule has 1 unspecified atom stereocenters. The summed E-state index contributed by atoms with van der Waals surface area (Å²) in [6, 6.07) is 0. The van der Waals surface area contributed by atoms with E-state index in [1.807, 2.05) is 6.92 Å². The van der Waals surface area contributed by atoms with Gasteiger partial charge >= 0.3 is 5.97 Å². The first-order valence-corrected chi connectivity index (χ1v) is 5.30. The summed E-state index contributed by atoms with van der Waals surface area (Å²) in [4.78, 5) is 10.8. The molecule has 0 amide bonds. The number of ether oxygens (including phenoxy) is 3. The SMILES string of the molecule is C=CC(=O)OCC1=COC(C)(CC(C)C)O1. The molecule has 0 N–H and O–H groups in total. The number of carbonyl (C=O) groups is 1. The molecule has 0 saturated heterocycles. The first kappa shape index (κ1) is 12.6. The van der Waals surface area contributed by atoms with Crippen LogP contribution in [-0.2, 0) is 19.0 Å². The fourth-order valence-electron chi connectivity index (χ4n) is 1.61. The summed E-state index contributed by atoms with van der Waals surface area (Å²) in [7, 11) is 0. The van der Waals surface area contributed by atoms with Gasteiger partial charge in [0.1, 0.15) is 6.26 Å². The van der Waals surface area contributed by atoms with Crippen LogP contribution in [0.2, 0.25) is 0 Å². The summed E-state index contributed by atoms with van der Waals surface area (Å²) in [6.07, 6.45) is 3.39. The molecule has 0 aromatic carbocycles. The summed E-state index contributed by atoms with van der Waals surface area (Å²) in [5.41, 5.74) is 0. The maximum Gasteiger partial charge on any atom is 0.330 e. The van der Waals surface area contributed by atoms with Crippen molar-refractivity contribution >= 4 is 5.97 Å². The van der Waals surface area contributed by atoms with Crippen LogP contribution in [0.25, 0.3) is 0 Å². The van der Waals surface area contributed by atoms with Crippen LogP contribution in [0.4, 0.5) is 0 Å². The molecular formula is C12H18O4. The summed E-state index contributed by atoms with van der Waals surface area (Å²) in [6.45, 7) is 9.44. The van der Waals surface area contributed by atoms with E-state index in [9.17, 15) is 4.79 Å². The fraction of sp³-hybridized carbons (Fsp3) is 0.583. The van der Waals surface area contributed by atoms with E-state index in [0.29, 0.717) is 11.7 Å². The van der Waals surface area contributed by atoms with Crippen molar-refractivity contribution in [1.82, 2.24) is 0 Å². The zero-order chi connectivity index (χ0) is 12.2. The zero-order valence-corrected chi connectivity index (χ0v) is 9.99. The highest BCUT2D eigenvalue weighted by molar-refractivity contribution is 5.81. The lowest BCUT2D eigenvalue weighted by Gasteiger charge is -2.25. The topological polar surface area (TPSA) is 44.8 Å². The Kier molecular flexibility index (Phi) is 3.99. The van der Waals surface area contributed by atoms with Crippen molar-refractivity contribution < 1.29 is 19.0 Å². The van der Waals surface area contributed by atoms with E-state index in [2.05, 4.69) is 20.4 Å². The molecule has 1 rings (SSSR count). The van der Waals surface area contributed by atoms with E-state index >= 15 is 0 Å². The quantitative estimate of drug-likeness (QED) is 0.533. The average molecular weight is 226 g/mol. The van der Waals surface area contributed by atoms with Crippen molar-refractivity contribution in [2.45, 2.75) is 33.0 Å².